The van der Waals surface area contributed by atoms with E-state index in [0.29, 0.717) is 21.4 Å². The smallest absolute Gasteiger partial charge is 0.232 e. The van der Waals surface area contributed by atoms with E-state index in [1.54, 1.807) is 12.1 Å². The van der Waals surface area contributed by atoms with E-state index in [4.69, 9.17) is 16.3 Å². The fourth-order valence-corrected chi connectivity index (χ4v) is 4.73. The summed E-state index contributed by atoms with van der Waals surface area (Å²) in [5, 5.41) is 13.4. The monoisotopic (exact) mass is 419 g/mol. The largest absolute Gasteiger partial charge is 0.495 e. The van der Waals surface area contributed by atoms with Gasteiger partial charge < -0.3 is 15.0 Å². The number of benzene rings is 1. The van der Waals surface area contributed by atoms with Crippen molar-refractivity contribution in [1.82, 2.24) is 10.2 Å². The zero-order valence-electron chi connectivity index (χ0n) is 15.7. The molecule has 1 fully saturated rings. The van der Waals surface area contributed by atoms with Gasteiger partial charge in [-0.05, 0) is 37.0 Å². The molecule has 0 unspecified atom stereocenters. The summed E-state index contributed by atoms with van der Waals surface area (Å²) < 4.78 is 5.17. The Balaban J connectivity index is 1.80. The molecular formula is C20H22ClN3O3S. The Morgan fingerprint density at radius 2 is 2.14 bits per heavy atom. The van der Waals surface area contributed by atoms with Crippen LogP contribution in [0.1, 0.15) is 37.2 Å². The predicted octanol–water partition coefficient (Wildman–Crippen LogP) is 3.43. The minimum atomic E-state index is -0.394. The maximum atomic E-state index is 12.4. The van der Waals surface area contributed by atoms with Crippen molar-refractivity contribution in [2.24, 2.45) is 0 Å². The lowest BCUT2D eigenvalue weighted by Gasteiger charge is -2.28. The Bertz CT molecular complexity index is 844. The zero-order valence-corrected chi connectivity index (χ0v) is 17.2. The van der Waals surface area contributed by atoms with Crippen molar-refractivity contribution in [3.63, 3.8) is 0 Å². The van der Waals surface area contributed by atoms with Gasteiger partial charge in [0, 0.05) is 25.4 Å². The van der Waals surface area contributed by atoms with Crippen LogP contribution in [0, 0.1) is 11.3 Å². The number of rotatable bonds is 5. The molecule has 1 saturated heterocycles. The Morgan fingerprint density at radius 1 is 1.39 bits per heavy atom. The van der Waals surface area contributed by atoms with Crippen molar-refractivity contribution in [1.29, 1.82) is 5.26 Å². The summed E-state index contributed by atoms with van der Waals surface area (Å²) in [5.74, 6) is 0.212. The molecule has 1 N–H and O–H groups in total. The minimum Gasteiger partial charge on any atom is -0.495 e. The summed E-state index contributed by atoms with van der Waals surface area (Å²) in [6, 6.07) is 7.48. The van der Waals surface area contributed by atoms with Crippen molar-refractivity contribution < 1.29 is 14.3 Å². The molecule has 8 heteroatoms. The van der Waals surface area contributed by atoms with E-state index in [-0.39, 0.29) is 24.0 Å². The first kappa shape index (κ1) is 20.6. The first-order valence-corrected chi connectivity index (χ1v) is 10.6. The fraction of sp³-hybridized carbons (Fsp3) is 0.450. The second-order valence-electron chi connectivity index (χ2n) is 6.78. The third kappa shape index (κ3) is 4.62. The zero-order chi connectivity index (χ0) is 20.1. The molecule has 28 heavy (non-hydrogen) atoms. The average molecular weight is 420 g/mol. The summed E-state index contributed by atoms with van der Waals surface area (Å²) in [5.41, 5.74) is 1.23. The van der Waals surface area contributed by atoms with Crippen LogP contribution >= 0.6 is 23.4 Å². The summed E-state index contributed by atoms with van der Waals surface area (Å²) in [4.78, 5) is 26.5. The van der Waals surface area contributed by atoms with Crippen molar-refractivity contribution in [3.05, 3.63) is 39.4 Å². The highest BCUT2D eigenvalue weighted by atomic mass is 35.5. The topological polar surface area (TPSA) is 82.4 Å². The molecule has 6 nitrogen and oxygen atoms in total. The number of hydrogen-bond acceptors (Lipinski definition) is 5. The number of nitrogens with one attached hydrogen (secondary N) is 1. The predicted molar refractivity (Wildman–Crippen MR) is 109 cm³/mol. The standard InChI is InChI=1S/C20H22ClN3O3S/c1-27-17-6-5-13(9-16(17)21)14-10-18(25)23-20(15(14)11-22)28-12-19(26)24-7-3-2-4-8-24/h5-6,9,14H,2-4,7-8,10,12H2,1H3,(H,23,25)/t14-/m0/s1. The number of piperidine rings is 1. The normalized spacial score (nSPS) is 19.8. The molecule has 2 aliphatic heterocycles. The van der Waals surface area contributed by atoms with E-state index >= 15 is 0 Å². The van der Waals surface area contributed by atoms with E-state index in [1.165, 1.54) is 18.9 Å². The molecule has 148 valence electrons. The van der Waals surface area contributed by atoms with Gasteiger partial charge in [0.25, 0.3) is 0 Å². The summed E-state index contributed by atoms with van der Waals surface area (Å²) >= 11 is 7.44. The molecule has 1 aromatic carbocycles. The van der Waals surface area contributed by atoms with E-state index in [2.05, 4.69) is 11.4 Å². The van der Waals surface area contributed by atoms with Crippen LogP contribution in [-0.2, 0) is 9.59 Å². The van der Waals surface area contributed by atoms with Crippen molar-refractivity contribution in [3.8, 4) is 11.8 Å². The molecule has 0 aromatic heterocycles. The molecule has 0 spiro atoms. The molecule has 0 bridgehead atoms. The number of thioether (sulfide) groups is 1. The Morgan fingerprint density at radius 3 is 2.79 bits per heavy atom. The molecule has 2 heterocycles. The Kier molecular flexibility index (Phi) is 6.87. The van der Waals surface area contributed by atoms with E-state index in [9.17, 15) is 14.9 Å². The van der Waals surface area contributed by atoms with Gasteiger partial charge in [-0.3, -0.25) is 9.59 Å². The number of nitrogens with zero attached hydrogens (tertiary/aromatic N) is 2. The van der Waals surface area contributed by atoms with E-state index in [0.717, 1.165) is 37.9 Å². The second-order valence-corrected chi connectivity index (χ2v) is 8.18. The van der Waals surface area contributed by atoms with Crippen LogP contribution < -0.4 is 10.1 Å². The van der Waals surface area contributed by atoms with Gasteiger partial charge >= 0.3 is 0 Å². The second kappa shape index (κ2) is 9.35. The Labute approximate surface area is 173 Å². The highest BCUT2D eigenvalue weighted by molar-refractivity contribution is 8.03. The highest BCUT2D eigenvalue weighted by Gasteiger charge is 2.30. The van der Waals surface area contributed by atoms with Crippen LogP contribution in [0.5, 0.6) is 5.75 Å². The van der Waals surface area contributed by atoms with Crippen LogP contribution in [0.2, 0.25) is 5.02 Å². The number of methoxy groups -OCH3 is 1. The van der Waals surface area contributed by atoms with Crippen LogP contribution in [0.4, 0.5) is 0 Å². The van der Waals surface area contributed by atoms with Gasteiger partial charge in [-0.25, -0.2) is 0 Å². The van der Waals surface area contributed by atoms with Crippen LogP contribution in [0.3, 0.4) is 0 Å². The molecule has 1 aromatic rings. The van der Waals surface area contributed by atoms with Crippen LogP contribution in [0.25, 0.3) is 0 Å². The lowest BCUT2D eigenvalue weighted by molar-refractivity contribution is -0.129. The molecule has 0 aliphatic carbocycles. The van der Waals surface area contributed by atoms with Gasteiger partial charge in [0.2, 0.25) is 11.8 Å². The number of carbonyl (C=O) groups excluding carboxylic acids is 2. The third-order valence-corrected chi connectivity index (χ3v) is 6.28. The number of likely N-dealkylation sites (tertiary alicyclic amines) is 1. The number of amides is 2. The number of halogens is 1. The first-order valence-electron chi connectivity index (χ1n) is 9.21. The maximum absolute atomic E-state index is 12.4. The van der Waals surface area contributed by atoms with Crippen molar-refractivity contribution in [2.75, 3.05) is 26.0 Å². The SMILES string of the molecule is COc1ccc([C@@H]2CC(=O)NC(SCC(=O)N3CCCCC3)=C2C#N)cc1Cl. The maximum Gasteiger partial charge on any atom is 0.232 e. The van der Waals surface area contributed by atoms with E-state index in [1.807, 2.05) is 11.0 Å². The van der Waals surface area contributed by atoms with Gasteiger partial charge in [-0.1, -0.05) is 29.4 Å². The number of carbonyl (C=O) groups is 2. The summed E-state index contributed by atoms with van der Waals surface area (Å²) in [6.45, 7) is 1.56. The molecule has 2 amide bonds. The summed E-state index contributed by atoms with van der Waals surface area (Å²) in [7, 11) is 1.53. The number of hydrogen-bond donors (Lipinski definition) is 1. The molecule has 2 aliphatic rings. The van der Waals surface area contributed by atoms with Crippen molar-refractivity contribution >= 4 is 35.2 Å². The number of nitriles is 1. The van der Waals surface area contributed by atoms with Gasteiger partial charge in [-0.15, -0.1) is 0 Å². The molecule has 0 saturated carbocycles. The highest BCUT2D eigenvalue weighted by Crippen LogP contribution is 2.38. The van der Waals surface area contributed by atoms with Gasteiger partial charge in [-0.2, -0.15) is 5.26 Å². The van der Waals surface area contributed by atoms with Gasteiger partial charge in [0.1, 0.15) is 5.75 Å². The fourth-order valence-electron chi connectivity index (χ4n) is 3.49. The lowest BCUT2D eigenvalue weighted by Crippen LogP contribution is -2.37. The average Bonchev–Trinajstić information content (AvgIpc) is 2.72. The van der Waals surface area contributed by atoms with Gasteiger partial charge in [0.15, 0.2) is 0 Å². The number of ether oxygens (including phenoxy) is 1. The van der Waals surface area contributed by atoms with Crippen molar-refractivity contribution in [2.45, 2.75) is 31.6 Å². The van der Waals surface area contributed by atoms with Crippen LogP contribution in [-0.4, -0.2) is 42.7 Å². The first-order chi connectivity index (χ1) is 13.5. The number of allylic oxidation sites excluding steroid dienone is 1. The quantitative estimate of drug-likeness (QED) is 0.790. The molecule has 1 atom stereocenters. The summed E-state index contributed by atoms with van der Waals surface area (Å²) in [6.07, 6.45) is 3.37. The molecule has 3 rings (SSSR count). The molecule has 0 radical (unpaired) electrons. The molecular weight excluding hydrogens is 398 g/mol. The van der Waals surface area contributed by atoms with Crippen LogP contribution in [0.15, 0.2) is 28.8 Å². The lowest BCUT2D eigenvalue weighted by atomic mass is 9.87. The minimum absolute atomic E-state index is 0.0401. The van der Waals surface area contributed by atoms with E-state index < -0.39 is 5.92 Å². The van der Waals surface area contributed by atoms with Gasteiger partial charge in [0.05, 0.1) is 34.6 Å². The Hall–Kier alpha value is -2.17. The third-order valence-electron chi connectivity index (χ3n) is 4.98.